The van der Waals surface area contributed by atoms with Crippen LogP contribution in [0, 0.1) is 5.92 Å². The number of rotatable bonds is 4. The van der Waals surface area contributed by atoms with Gasteiger partial charge in [-0.25, -0.2) is 4.79 Å². The molecule has 0 radical (unpaired) electrons. The summed E-state index contributed by atoms with van der Waals surface area (Å²) in [5, 5.41) is 8.83. The van der Waals surface area contributed by atoms with E-state index in [2.05, 4.69) is 0 Å². The molecule has 0 aromatic carbocycles. The molecule has 0 spiro atoms. The first kappa shape index (κ1) is 13.7. The molecule has 5 nitrogen and oxygen atoms in total. The number of hydrogen-bond donors (Lipinski definition) is 1. The average Bonchev–Trinajstić information content (AvgIpc) is 2.75. The van der Waals surface area contributed by atoms with Crippen molar-refractivity contribution in [3.05, 3.63) is 11.1 Å². The van der Waals surface area contributed by atoms with Gasteiger partial charge in [0, 0.05) is 37.3 Å². The molecule has 0 saturated carbocycles. The minimum atomic E-state index is -1.04. The third-order valence-electron chi connectivity index (χ3n) is 3.18. The fourth-order valence-corrected chi connectivity index (χ4v) is 1.95. The molecule has 1 atom stereocenters. The van der Waals surface area contributed by atoms with Crippen molar-refractivity contribution in [2.24, 2.45) is 5.92 Å². The number of nitrogens with zero attached hydrogens (tertiary/aromatic N) is 1. The van der Waals surface area contributed by atoms with Crippen molar-refractivity contribution in [3.63, 3.8) is 0 Å². The summed E-state index contributed by atoms with van der Waals surface area (Å²) in [6.07, 6.45) is 0.916. The zero-order valence-electron chi connectivity index (χ0n) is 10.5. The van der Waals surface area contributed by atoms with Crippen LogP contribution in [0.2, 0.25) is 0 Å². The molecule has 1 fully saturated rings. The van der Waals surface area contributed by atoms with Crippen LogP contribution in [0.4, 0.5) is 0 Å². The Morgan fingerprint density at radius 3 is 2.53 bits per heavy atom. The highest BCUT2D eigenvalue weighted by atomic mass is 16.5. The second-order valence-electron chi connectivity index (χ2n) is 4.42. The van der Waals surface area contributed by atoms with Crippen molar-refractivity contribution in [2.75, 3.05) is 26.8 Å². The van der Waals surface area contributed by atoms with Crippen molar-refractivity contribution < 1.29 is 19.4 Å². The molecule has 1 saturated heterocycles. The maximum atomic E-state index is 12.0. The monoisotopic (exact) mass is 241 g/mol. The molecular weight excluding hydrogens is 222 g/mol. The van der Waals surface area contributed by atoms with Gasteiger partial charge in [0.15, 0.2) is 0 Å². The minimum Gasteiger partial charge on any atom is -0.478 e. The minimum absolute atomic E-state index is 0.116. The van der Waals surface area contributed by atoms with Gasteiger partial charge >= 0.3 is 5.97 Å². The number of carboxylic acids is 1. The molecule has 0 aromatic heterocycles. The average molecular weight is 241 g/mol. The Kier molecular flexibility index (Phi) is 4.69. The fraction of sp³-hybridized carbons (Fsp3) is 0.667. The van der Waals surface area contributed by atoms with Crippen LogP contribution < -0.4 is 0 Å². The molecule has 1 rings (SSSR count). The third-order valence-corrected chi connectivity index (χ3v) is 3.18. The largest absolute Gasteiger partial charge is 0.478 e. The number of aliphatic carboxylic acids is 1. The molecule has 1 amide bonds. The Labute approximate surface area is 101 Å². The normalized spacial score (nSPS) is 21.4. The summed E-state index contributed by atoms with van der Waals surface area (Å²) in [5.41, 5.74) is 0.431. The first-order valence-electron chi connectivity index (χ1n) is 5.66. The van der Waals surface area contributed by atoms with Gasteiger partial charge in [-0.3, -0.25) is 4.79 Å². The van der Waals surface area contributed by atoms with E-state index in [0.717, 1.165) is 6.42 Å². The van der Waals surface area contributed by atoms with Crippen LogP contribution >= 0.6 is 0 Å². The number of likely N-dealkylation sites (tertiary alicyclic amines) is 1. The molecule has 96 valence electrons. The Balaban J connectivity index is 2.67. The van der Waals surface area contributed by atoms with E-state index in [9.17, 15) is 9.59 Å². The van der Waals surface area contributed by atoms with Gasteiger partial charge in [-0.2, -0.15) is 0 Å². The smallest absolute Gasteiger partial charge is 0.331 e. The Morgan fingerprint density at radius 1 is 1.35 bits per heavy atom. The molecule has 1 heterocycles. The van der Waals surface area contributed by atoms with Crippen LogP contribution in [0.25, 0.3) is 0 Å². The molecule has 0 aliphatic carbocycles. The van der Waals surface area contributed by atoms with Gasteiger partial charge in [0.2, 0.25) is 5.91 Å². The molecule has 17 heavy (non-hydrogen) atoms. The maximum absolute atomic E-state index is 12.0. The molecule has 0 bridgehead atoms. The molecule has 1 unspecified atom stereocenters. The number of methoxy groups -OCH3 is 1. The summed E-state index contributed by atoms with van der Waals surface area (Å²) in [6, 6.07) is 0. The van der Waals surface area contributed by atoms with E-state index in [1.165, 1.54) is 6.92 Å². The number of carboxylic acid groups (broad SMARTS) is 1. The summed E-state index contributed by atoms with van der Waals surface area (Å²) < 4.78 is 5.06. The molecular formula is C12H19NO4. The third kappa shape index (κ3) is 3.30. The molecule has 1 aliphatic heterocycles. The van der Waals surface area contributed by atoms with Crippen LogP contribution in [0.15, 0.2) is 11.1 Å². The van der Waals surface area contributed by atoms with Gasteiger partial charge in [0.1, 0.15) is 0 Å². The molecule has 0 aromatic rings. The van der Waals surface area contributed by atoms with Crippen molar-refractivity contribution >= 4 is 11.9 Å². The van der Waals surface area contributed by atoms with Gasteiger partial charge in [-0.05, 0) is 20.3 Å². The van der Waals surface area contributed by atoms with Crippen molar-refractivity contribution in [1.82, 2.24) is 4.90 Å². The Bertz CT molecular complexity index is 348. The van der Waals surface area contributed by atoms with Gasteiger partial charge in [0.05, 0.1) is 6.61 Å². The van der Waals surface area contributed by atoms with Crippen molar-refractivity contribution in [3.8, 4) is 0 Å². The van der Waals surface area contributed by atoms with Gasteiger partial charge < -0.3 is 14.7 Å². The maximum Gasteiger partial charge on any atom is 0.331 e. The lowest BCUT2D eigenvalue weighted by Gasteiger charge is -2.17. The number of amides is 1. The molecule has 5 heteroatoms. The van der Waals surface area contributed by atoms with Crippen LogP contribution in [-0.4, -0.2) is 48.7 Å². The second kappa shape index (κ2) is 5.82. The number of ether oxygens (including phenoxy) is 1. The van der Waals surface area contributed by atoms with Crippen molar-refractivity contribution in [2.45, 2.75) is 20.3 Å². The van der Waals surface area contributed by atoms with Gasteiger partial charge in [-0.1, -0.05) is 0 Å². The van der Waals surface area contributed by atoms with E-state index in [-0.39, 0.29) is 11.5 Å². The quantitative estimate of drug-likeness (QED) is 0.743. The molecule has 1 N–H and O–H groups in total. The fourth-order valence-electron chi connectivity index (χ4n) is 1.95. The summed E-state index contributed by atoms with van der Waals surface area (Å²) in [6.45, 7) is 4.99. The lowest BCUT2D eigenvalue weighted by molar-refractivity contribution is -0.133. The van der Waals surface area contributed by atoms with Gasteiger partial charge in [-0.15, -0.1) is 0 Å². The van der Waals surface area contributed by atoms with E-state index < -0.39 is 5.97 Å². The summed E-state index contributed by atoms with van der Waals surface area (Å²) in [4.78, 5) is 24.5. The van der Waals surface area contributed by atoms with E-state index in [1.807, 2.05) is 0 Å². The zero-order valence-corrected chi connectivity index (χ0v) is 10.5. The predicted octanol–water partition coefficient (Wildman–Crippen LogP) is 0.902. The van der Waals surface area contributed by atoms with Crippen LogP contribution in [-0.2, 0) is 14.3 Å². The van der Waals surface area contributed by atoms with Crippen LogP contribution in [0.1, 0.15) is 20.3 Å². The highest BCUT2D eigenvalue weighted by Gasteiger charge is 2.27. The summed E-state index contributed by atoms with van der Waals surface area (Å²) >= 11 is 0. The highest BCUT2D eigenvalue weighted by molar-refractivity contribution is 6.01. The van der Waals surface area contributed by atoms with Crippen LogP contribution in [0.5, 0.6) is 0 Å². The number of carbonyl (C=O) groups excluding carboxylic acids is 1. The van der Waals surface area contributed by atoms with Crippen molar-refractivity contribution in [1.29, 1.82) is 0 Å². The Morgan fingerprint density at radius 2 is 2.00 bits per heavy atom. The van der Waals surface area contributed by atoms with Crippen LogP contribution in [0.3, 0.4) is 0 Å². The number of carbonyl (C=O) groups is 2. The highest BCUT2D eigenvalue weighted by Crippen LogP contribution is 2.19. The standard InChI is InChI=1S/C12H19NO4/c1-8(9(2)12(15)16)11(14)13-5-4-10(6-13)7-17-3/h10H,4-7H2,1-3H3,(H,15,16). The first-order valence-corrected chi connectivity index (χ1v) is 5.66. The summed E-state index contributed by atoms with van der Waals surface area (Å²) in [7, 11) is 1.64. The SMILES string of the molecule is COCC1CCN(C(=O)C(C)=C(C)C(=O)O)C1. The van der Waals surface area contributed by atoms with Gasteiger partial charge in [0.25, 0.3) is 0 Å². The first-order chi connectivity index (χ1) is 7.97. The molecule has 1 aliphatic rings. The van der Waals surface area contributed by atoms with E-state index in [0.29, 0.717) is 31.2 Å². The zero-order chi connectivity index (χ0) is 13.0. The lowest BCUT2D eigenvalue weighted by Crippen LogP contribution is -2.30. The topological polar surface area (TPSA) is 66.8 Å². The summed E-state index contributed by atoms with van der Waals surface area (Å²) in [5.74, 6) is -0.853. The van der Waals surface area contributed by atoms with E-state index >= 15 is 0 Å². The Hall–Kier alpha value is -1.36. The van der Waals surface area contributed by atoms with E-state index in [4.69, 9.17) is 9.84 Å². The second-order valence-corrected chi connectivity index (χ2v) is 4.42. The predicted molar refractivity (Wildman–Crippen MR) is 62.6 cm³/mol. The lowest BCUT2D eigenvalue weighted by atomic mass is 10.1. The van der Waals surface area contributed by atoms with E-state index in [1.54, 1.807) is 18.9 Å². The number of hydrogen-bond acceptors (Lipinski definition) is 3.